The number of carbonyl (C=O) groups is 1. The molecule has 0 spiro atoms. The lowest BCUT2D eigenvalue weighted by atomic mass is 9.92. The number of rotatable bonds is 6. The highest BCUT2D eigenvalue weighted by atomic mass is 16.5. The standard InChI is InChI=1S/C19H27N5O2/c1-14-17(22-23-24(14)16-9-11-20-12-10-16)18(25)21-19(2,13-26-3)15-7-5-4-6-8-15/h4-8,16,20H,9-13H2,1-3H3,(H,21,25). The first kappa shape index (κ1) is 18.5. The van der Waals surface area contributed by atoms with Gasteiger partial charge in [-0.25, -0.2) is 4.68 Å². The van der Waals surface area contributed by atoms with E-state index in [0.29, 0.717) is 18.3 Å². The normalized spacial score (nSPS) is 17.7. The van der Waals surface area contributed by atoms with Crippen molar-refractivity contribution in [3.05, 3.63) is 47.3 Å². The van der Waals surface area contributed by atoms with Crippen LogP contribution in [0, 0.1) is 6.92 Å². The Balaban J connectivity index is 1.81. The predicted octanol–water partition coefficient (Wildman–Crippen LogP) is 1.80. The van der Waals surface area contributed by atoms with Crippen LogP contribution in [0.2, 0.25) is 0 Å². The van der Waals surface area contributed by atoms with Crippen LogP contribution in [0.15, 0.2) is 30.3 Å². The van der Waals surface area contributed by atoms with Gasteiger partial charge in [-0.2, -0.15) is 0 Å². The van der Waals surface area contributed by atoms with Crippen molar-refractivity contribution in [2.45, 2.75) is 38.3 Å². The van der Waals surface area contributed by atoms with Gasteiger partial charge in [-0.3, -0.25) is 4.79 Å². The van der Waals surface area contributed by atoms with E-state index in [2.05, 4.69) is 20.9 Å². The number of methoxy groups -OCH3 is 1. The first-order chi connectivity index (χ1) is 12.5. The second-order valence-corrected chi connectivity index (χ2v) is 7.03. The molecule has 140 valence electrons. The number of nitrogens with one attached hydrogen (secondary N) is 2. The largest absolute Gasteiger partial charge is 0.382 e. The molecule has 0 radical (unpaired) electrons. The average molecular weight is 357 g/mol. The van der Waals surface area contributed by atoms with Gasteiger partial charge in [0.1, 0.15) is 0 Å². The zero-order valence-corrected chi connectivity index (χ0v) is 15.7. The number of benzene rings is 1. The van der Waals surface area contributed by atoms with Crippen molar-refractivity contribution in [3.8, 4) is 0 Å². The number of hydrogen-bond acceptors (Lipinski definition) is 5. The maximum atomic E-state index is 12.9. The van der Waals surface area contributed by atoms with Crippen LogP contribution in [0.4, 0.5) is 0 Å². The monoisotopic (exact) mass is 357 g/mol. The Morgan fingerprint density at radius 2 is 2.04 bits per heavy atom. The zero-order chi connectivity index (χ0) is 18.6. The summed E-state index contributed by atoms with van der Waals surface area (Å²) in [5, 5.41) is 14.9. The molecular formula is C19H27N5O2. The Kier molecular flexibility index (Phi) is 5.68. The first-order valence-electron chi connectivity index (χ1n) is 9.04. The highest BCUT2D eigenvalue weighted by molar-refractivity contribution is 5.93. The topological polar surface area (TPSA) is 81.1 Å². The van der Waals surface area contributed by atoms with E-state index in [1.807, 2.05) is 48.9 Å². The molecule has 1 aromatic carbocycles. The molecule has 1 amide bonds. The lowest BCUT2D eigenvalue weighted by Gasteiger charge is -2.30. The molecule has 1 aliphatic rings. The van der Waals surface area contributed by atoms with Crippen LogP contribution in [0.1, 0.15) is 47.6 Å². The Morgan fingerprint density at radius 1 is 1.35 bits per heavy atom. The summed E-state index contributed by atoms with van der Waals surface area (Å²) in [6.45, 7) is 6.16. The molecule has 0 bridgehead atoms. The SMILES string of the molecule is COCC(C)(NC(=O)c1nnn(C2CCNCC2)c1C)c1ccccc1. The number of carbonyl (C=O) groups excluding carboxylic acids is 1. The Bertz CT molecular complexity index is 740. The maximum absolute atomic E-state index is 12.9. The third-order valence-electron chi connectivity index (χ3n) is 5.03. The average Bonchev–Trinajstić information content (AvgIpc) is 3.05. The lowest BCUT2D eigenvalue weighted by molar-refractivity contribution is 0.0780. The summed E-state index contributed by atoms with van der Waals surface area (Å²) in [7, 11) is 1.63. The molecule has 1 saturated heterocycles. The van der Waals surface area contributed by atoms with E-state index in [9.17, 15) is 4.79 Å². The van der Waals surface area contributed by atoms with Crippen LogP contribution in [-0.2, 0) is 10.3 Å². The summed E-state index contributed by atoms with van der Waals surface area (Å²) in [5.41, 5.74) is 1.53. The zero-order valence-electron chi connectivity index (χ0n) is 15.7. The fourth-order valence-corrected chi connectivity index (χ4v) is 3.54. The van der Waals surface area contributed by atoms with E-state index >= 15 is 0 Å². The van der Waals surface area contributed by atoms with Gasteiger partial charge in [-0.1, -0.05) is 35.5 Å². The van der Waals surface area contributed by atoms with E-state index in [4.69, 9.17) is 4.74 Å². The van der Waals surface area contributed by atoms with Gasteiger partial charge in [0.05, 0.1) is 23.9 Å². The van der Waals surface area contributed by atoms with Gasteiger partial charge in [-0.15, -0.1) is 5.10 Å². The molecule has 0 aliphatic carbocycles. The van der Waals surface area contributed by atoms with Gasteiger partial charge < -0.3 is 15.4 Å². The molecule has 26 heavy (non-hydrogen) atoms. The smallest absolute Gasteiger partial charge is 0.274 e. The van der Waals surface area contributed by atoms with Crippen LogP contribution in [0.5, 0.6) is 0 Å². The molecule has 1 fully saturated rings. The molecule has 3 rings (SSSR count). The summed E-state index contributed by atoms with van der Waals surface area (Å²) < 4.78 is 7.26. The van der Waals surface area contributed by atoms with Crippen molar-refractivity contribution in [2.75, 3.05) is 26.8 Å². The van der Waals surface area contributed by atoms with Gasteiger partial charge in [0.15, 0.2) is 5.69 Å². The molecule has 2 aromatic rings. The summed E-state index contributed by atoms with van der Waals surface area (Å²) in [4.78, 5) is 12.9. The van der Waals surface area contributed by atoms with Crippen molar-refractivity contribution in [1.29, 1.82) is 0 Å². The number of piperidine rings is 1. The van der Waals surface area contributed by atoms with Gasteiger partial charge in [0, 0.05) is 7.11 Å². The van der Waals surface area contributed by atoms with Crippen LogP contribution in [0.25, 0.3) is 0 Å². The molecule has 7 nitrogen and oxygen atoms in total. The third kappa shape index (κ3) is 3.78. The van der Waals surface area contributed by atoms with Crippen LogP contribution >= 0.6 is 0 Å². The predicted molar refractivity (Wildman–Crippen MR) is 99.0 cm³/mol. The van der Waals surface area contributed by atoms with Crippen molar-refractivity contribution >= 4 is 5.91 Å². The summed E-state index contributed by atoms with van der Waals surface area (Å²) >= 11 is 0. The van der Waals surface area contributed by atoms with Crippen molar-refractivity contribution < 1.29 is 9.53 Å². The second-order valence-electron chi connectivity index (χ2n) is 7.03. The minimum atomic E-state index is -0.641. The van der Waals surface area contributed by atoms with Crippen LogP contribution in [-0.4, -0.2) is 47.7 Å². The molecular weight excluding hydrogens is 330 g/mol. The highest BCUT2D eigenvalue weighted by Gasteiger charge is 2.31. The van der Waals surface area contributed by atoms with Crippen molar-refractivity contribution in [1.82, 2.24) is 25.6 Å². The van der Waals surface area contributed by atoms with E-state index in [1.165, 1.54) is 0 Å². The summed E-state index contributed by atoms with van der Waals surface area (Å²) in [5.74, 6) is -0.230. The molecule has 1 aromatic heterocycles. The van der Waals surface area contributed by atoms with Gasteiger partial charge in [0.25, 0.3) is 5.91 Å². The Morgan fingerprint density at radius 3 is 2.69 bits per heavy atom. The number of ether oxygens (including phenoxy) is 1. The molecule has 0 saturated carbocycles. The van der Waals surface area contributed by atoms with E-state index in [1.54, 1.807) is 7.11 Å². The number of aromatic nitrogens is 3. The molecule has 7 heteroatoms. The summed E-state index contributed by atoms with van der Waals surface area (Å²) in [6.07, 6.45) is 1.99. The van der Waals surface area contributed by atoms with Crippen LogP contribution in [0.3, 0.4) is 0 Å². The van der Waals surface area contributed by atoms with E-state index in [-0.39, 0.29) is 5.91 Å². The van der Waals surface area contributed by atoms with Gasteiger partial charge >= 0.3 is 0 Å². The fourth-order valence-electron chi connectivity index (χ4n) is 3.54. The van der Waals surface area contributed by atoms with Gasteiger partial charge in [-0.05, 0) is 45.3 Å². The van der Waals surface area contributed by atoms with Crippen molar-refractivity contribution in [2.24, 2.45) is 0 Å². The second kappa shape index (κ2) is 7.97. The minimum Gasteiger partial charge on any atom is -0.382 e. The molecule has 2 N–H and O–H groups in total. The highest BCUT2D eigenvalue weighted by Crippen LogP contribution is 2.23. The number of hydrogen-bond donors (Lipinski definition) is 2. The number of amides is 1. The third-order valence-corrected chi connectivity index (χ3v) is 5.03. The van der Waals surface area contributed by atoms with Crippen molar-refractivity contribution in [3.63, 3.8) is 0 Å². The Hall–Kier alpha value is -2.25. The quantitative estimate of drug-likeness (QED) is 0.824. The number of nitrogens with zero attached hydrogens (tertiary/aromatic N) is 3. The Labute approximate surface area is 154 Å². The summed E-state index contributed by atoms with van der Waals surface area (Å²) in [6, 6.07) is 10.1. The molecule has 1 unspecified atom stereocenters. The molecule has 1 aliphatic heterocycles. The lowest BCUT2D eigenvalue weighted by Crippen LogP contribution is -2.47. The van der Waals surface area contributed by atoms with E-state index in [0.717, 1.165) is 37.2 Å². The van der Waals surface area contributed by atoms with E-state index < -0.39 is 5.54 Å². The maximum Gasteiger partial charge on any atom is 0.274 e. The minimum absolute atomic E-state index is 0.230. The fraction of sp³-hybridized carbons (Fsp3) is 0.526. The molecule has 1 atom stereocenters. The van der Waals surface area contributed by atoms with Gasteiger partial charge in [0.2, 0.25) is 0 Å². The van der Waals surface area contributed by atoms with Crippen LogP contribution < -0.4 is 10.6 Å². The molecule has 2 heterocycles. The first-order valence-corrected chi connectivity index (χ1v) is 9.04.